The van der Waals surface area contributed by atoms with Gasteiger partial charge in [0.05, 0.1) is 22.1 Å². The second-order valence-electron chi connectivity index (χ2n) is 15.2. The molecule has 57 heavy (non-hydrogen) atoms. The first kappa shape index (κ1) is 33.2. The summed E-state index contributed by atoms with van der Waals surface area (Å²) in [4.78, 5) is 15.4. The molecule has 0 saturated carbocycles. The van der Waals surface area contributed by atoms with Crippen LogP contribution >= 0.6 is 0 Å². The minimum absolute atomic E-state index is 0.525. The monoisotopic (exact) mass is 733 g/mol. The van der Waals surface area contributed by atoms with Crippen molar-refractivity contribution in [3.63, 3.8) is 0 Å². The molecule has 272 valence electrons. The van der Waals surface area contributed by atoms with E-state index in [4.69, 9.17) is 15.0 Å². The molecule has 0 spiro atoms. The van der Waals surface area contributed by atoms with Crippen LogP contribution in [0.1, 0.15) is 37.6 Å². The largest absolute Gasteiger partial charge is 0.312 e. The van der Waals surface area contributed by atoms with Gasteiger partial charge in [0.15, 0.2) is 17.5 Å². The topological polar surface area (TPSA) is 48.5 Å². The molecule has 5 nitrogen and oxygen atoms in total. The third kappa shape index (κ3) is 5.65. The van der Waals surface area contributed by atoms with E-state index < -0.39 is 0 Å². The Morgan fingerprint density at radius 2 is 1.07 bits per heavy atom. The molecule has 1 unspecified atom stereocenters. The summed E-state index contributed by atoms with van der Waals surface area (Å²) in [6, 6.07) is 52.0. The van der Waals surface area contributed by atoms with E-state index in [9.17, 15) is 0 Å². The van der Waals surface area contributed by atoms with E-state index in [1.807, 2.05) is 36.4 Å². The van der Waals surface area contributed by atoms with Gasteiger partial charge in [-0.2, -0.15) is 0 Å². The summed E-state index contributed by atoms with van der Waals surface area (Å²) in [5, 5.41) is 4.95. The zero-order valence-corrected chi connectivity index (χ0v) is 31.7. The Morgan fingerprint density at radius 1 is 0.491 bits per heavy atom. The number of nitrogens with zero attached hydrogens (tertiary/aromatic N) is 5. The van der Waals surface area contributed by atoms with Gasteiger partial charge in [-0.3, -0.25) is 0 Å². The smallest absolute Gasteiger partial charge is 0.165 e. The highest BCUT2D eigenvalue weighted by atomic mass is 15.1. The average Bonchev–Trinajstić information content (AvgIpc) is 3.79. The van der Waals surface area contributed by atoms with Gasteiger partial charge in [-0.1, -0.05) is 153 Å². The fourth-order valence-corrected chi connectivity index (χ4v) is 8.87. The van der Waals surface area contributed by atoms with Gasteiger partial charge in [-0.05, 0) is 66.6 Å². The molecule has 2 aliphatic carbocycles. The number of hydrogen-bond acceptors (Lipinski definition) is 3. The molecule has 0 radical (unpaired) electrons. The van der Waals surface area contributed by atoms with Gasteiger partial charge in [0, 0.05) is 49.6 Å². The van der Waals surface area contributed by atoms with Crippen molar-refractivity contribution in [3.8, 4) is 28.5 Å². The first-order chi connectivity index (χ1) is 28.2. The van der Waals surface area contributed by atoms with E-state index >= 15 is 0 Å². The third-order valence-electron chi connectivity index (χ3n) is 11.5. The molecule has 6 aromatic carbocycles. The zero-order valence-electron chi connectivity index (χ0n) is 31.7. The van der Waals surface area contributed by atoms with Gasteiger partial charge in [0.25, 0.3) is 0 Å². The Labute approximate surface area is 331 Å². The lowest BCUT2D eigenvalue weighted by Crippen LogP contribution is -2.08. The van der Waals surface area contributed by atoms with Crippen molar-refractivity contribution in [2.75, 3.05) is 0 Å². The number of fused-ring (bicyclic) bond motifs is 6. The lowest BCUT2D eigenvalue weighted by molar-refractivity contribution is 0.740. The van der Waals surface area contributed by atoms with Crippen LogP contribution < -0.4 is 0 Å². The number of hydrogen-bond donors (Lipinski definition) is 0. The maximum atomic E-state index is 5.19. The van der Waals surface area contributed by atoms with E-state index in [0.29, 0.717) is 23.4 Å². The highest BCUT2D eigenvalue weighted by Crippen LogP contribution is 2.41. The maximum absolute atomic E-state index is 5.19. The zero-order chi connectivity index (χ0) is 37.9. The van der Waals surface area contributed by atoms with E-state index in [1.54, 1.807) is 0 Å². The minimum atomic E-state index is 0.525. The number of rotatable bonds is 6. The van der Waals surface area contributed by atoms with Gasteiger partial charge in [-0.15, -0.1) is 0 Å². The first-order valence-corrected chi connectivity index (χ1v) is 19.9. The molecule has 0 amide bonds. The van der Waals surface area contributed by atoms with Crippen LogP contribution in [0.4, 0.5) is 0 Å². The van der Waals surface area contributed by atoms with E-state index in [0.717, 1.165) is 47.2 Å². The lowest BCUT2D eigenvalue weighted by Gasteiger charge is -2.20. The molecule has 3 aromatic heterocycles. The fraction of sp³-hybridized carbons (Fsp3) is 0.0962. The van der Waals surface area contributed by atoms with Crippen molar-refractivity contribution in [1.82, 2.24) is 24.1 Å². The number of para-hydroxylation sites is 2. The van der Waals surface area contributed by atoms with E-state index in [1.165, 1.54) is 54.9 Å². The molecular weight excluding hydrogens is 695 g/mol. The molecule has 2 aliphatic rings. The van der Waals surface area contributed by atoms with Gasteiger partial charge in [0.1, 0.15) is 0 Å². The van der Waals surface area contributed by atoms with E-state index in [2.05, 4.69) is 156 Å². The normalized spacial score (nSPS) is 15.7. The van der Waals surface area contributed by atoms with Crippen molar-refractivity contribution in [2.24, 2.45) is 5.92 Å². The average molecular weight is 734 g/mol. The van der Waals surface area contributed by atoms with Crippen LogP contribution in [-0.4, -0.2) is 24.1 Å². The van der Waals surface area contributed by atoms with E-state index in [-0.39, 0.29) is 0 Å². The second-order valence-corrected chi connectivity index (χ2v) is 15.2. The highest BCUT2D eigenvalue weighted by molar-refractivity contribution is 6.13. The third-order valence-corrected chi connectivity index (χ3v) is 11.5. The Bertz CT molecular complexity index is 3100. The van der Waals surface area contributed by atoms with Crippen LogP contribution in [0.2, 0.25) is 0 Å². The molecule has 11 rings (SSSR count). The van der Waals surface area contributed by atoms with Crippen LogP contribution in [0.15, 0.2) is 176 Å². The standard InChI is InChI=1S/C52H39N5/c1-34-15-14-20-37(31-34)38-27-29-42-40-21-8-11-24-45(40)56(48(42)32-38)39-28-30-43-41-22-9-12-25-46(41)57(49(43)33-39)47-26-13-10-23-44(47)52-54-50(35-16-4-2-5-17-35)53-51(55-52)36-18-6-3-7-19-36/h2-12,14,16-25,27-34H,13,15,26H2,1H3. The molecule has 3 heterocycles. The molecule has 0 saturated heterocycles. The summed E-state index contributed by atoms with van der Waals surface area (Å²) in [5.74, 6) is 2.52. The summed E-state index contributed by atoms with van der Waals surface area (Å²) in [6.45, 7) is 2.29. The number of allylic oxidation sites excluding steroid dienone is 8. The van der Waals surface area contributed by atoms with Crippen molar-refractivity contribution in [1.29, 1.82) is 0 Å². The Hall–Kier alpha value is -7.11. The summed E-state index contributed by atoms with van der Waals surface area (Å²) in [6.07, 6.45) is 14.3. The van der Waals surface area contributed by atoms with Crippen LogP contribution in [0.3, 0.4) is 0 Å². The van der Waals surface area contributed by atoms with Gasteiger partial charge < -0.3 is 9.13 Å². The Balaban J connectivity index is 1.16. The Kier molecular flexibility index (Phi) is 7.92. The number of aromatic nitrogens is 5. The summed E-state index contributed by atoms with van der Waals surface area (Å²) < 4.78 is 4.92. The predicted molar refractivity (Wildman–Crippen MR) is 237 cm³/mol. The van der Waals surface area contributed by atoms with Crippen LogP contribution in [0.5, 0.6) is 0 Å². The molecule has 0 N–H and O–H groups in total. The first-order valence-electron chi connectivity index (χ1n) is 19.9. The molecular formula is C52H39N5. The SMILES string of the molecule is CC1C=C(c2ccc3c4ccccc4n(-c4ccc5c6ccccc6n(C6=C(c7nc(-c8ccccc8)nc(-c8ccccc8)n7)C=CCC6)c5c4)c3c2)C=CC1. The van der Waals surface area contributed by atoms with Gasteiger partial charge in [0.2, 0.25) is 0 Å². The molecule has 0 aliphatic heterocycles. The fourth-order valence-electron chi connectivity index (χ4n) is 8.87. The van der Waals surface area contributed by atoms with Crippen molar-refractivity contribution >= 4 is 60.5 Å². The van der Waals surface area contributed by atoms with Crippen LogP contribution in [0.25, 0.3) is 88.9 Å². The summed E-state index contributed by atoms with van der Waals surface area (Å²) >= 11 is 0. The summed E-state index contributed by atoms with van der Waals surface area (Å²) in [5.41, 5.74) is 12.5. The molecule has 0 bridgehead atoms. The number of benzene rings is 6. The predicted octanol–water partition coefficient (Wildman–Crippen LogP) is 13.1. The second kappa shape index (κ2) is 13.6. The van der Waals surface area contributed by atoms with Crippen molar-refractivity contribution in [2.45, 2.75) is 26.2 Å². The highest BCUT2D eigenvalue weighted by Gasteiger charge is 2.23. The van der Waals surface area contributed by atoms with Crippen LogP contribution in [0, 0.1) is 5.92 Å². The minimum Gasteiger partial charge on any atom is -0.312 e. The van der Waals surface area contributed by atoms with Crippen molar-refractivity contribution < 1.29 is 0 Å². The molecule has 9 aromatic rings. The van der Waals surface area contributed by atoms with Crippen molar-refractivity contribution in [3.05, 3.63) is 187 Å². The molecule has 0 fully saturated rings. The van der Waals surface area contributed by atoms with Crippen LogP contribution in [-0.2, 0) is 0 Å². The molecule has 5 heteroatoms. The Morgan fingerprint density at radius 3 is 1.75 bits per heavy atom. The lowest BCUT2D eigenvalue weighted by atomic mass is 9.93. The van der Waals surface area contributed by atoms with Gasteiger partial charge >= 0.3 is 0 Å². The van der Waals surface area contributed by atoms with Gasteiger partial charge in [-0.25, -0.2) is 15.0 Å². The summed E-state index contributed by atoms with van der Waals surface area (Å²) in [7, 11) is 0. The molecule has 1 atom stereocenters. The quantitative estimate of drug-likeness (QED) is 0.171. The maximum Gasteiger partial charge on any atom is 0.165 e.